The predicted octanol–water partition coefficient (Wildman–Crippen LogP) is 5.31. The van der Waals surface area contributed by atoms with Crippen molar-refractivity contribution in [1.29, 1.82) is 0 Å². The van der Waals surface area contributed by atoms with Gasteiger partial charge in [0.15, 0.2) is 0 Å². The number of rotatable bonds is 8. The summed E-state index contributed by atoms with van der Waals surface area (Å²) >= 11 is 5.97. The van der Waals surface area contributed by atoms with Crippen LogP contribution in [0, 0.1) is 0 Å². The summed E-state index contributed by atoms with van der Waals surface area (Å²) in [4.78, 5) is 28.0. The van der Waals surface area contributed by atoms with Crippen molar-refractivity contribution in [3.63, 3.8) is 0 Å². The van der Waals surface area contributed by atoms with E-state index in [1.807, 2.05) is 4.90 Å². The van der Waals surface area contributed by atoms with E-state index in [0.29, 0.717) is 62.0 Å². The molecule has 0 saturated carbocycles. The van der Waals surface area contributed by atoms with Gasteiger partial charge in [0.2, 0.25) is 15.9 Å². The predicted molar refractivity (Wildman–Crippen MR) is 164 cm³/mol. The number of amides is 2. The van der Waals surface area contributed by atoms with E-state index in [2.05, 4.69) is 10.6 Å². The molecule has 240 valence electrons. The van der Waals surface area contributed by atoms with Crippen molar-refractivity contribution in [1.82, 2.24) is 9.62 Å². The third-order valence-electron chi connectivity index (χ3n) is 7.75. The maximum Gasteiger partial charge on any atom is 0.416 e. The minimum absolute atomic E-state index is 0.0143. The van der Waals surface area contributed by atoms with Gasteiger partial charge in [-0.05, 0) is 79.4 Å². The number of halogens is 4. The van der Waals surface area contributed by atoms with Gasteiger partial charge in [0.1, 0.15) is 6.04 Å². The summed E-state index contributed by atoms with van der Waals surface area (Å²) in [5.41, 5.74) is 0.230. The Hall–Kier alpha value is -3.65. The third kappa shape index (κ3) is 7.78. The first-order chi connectivity index (χ1) is 21.4. The molecular weight excluding hydrogens is 633 g/mol. The summed E-state index contributed by atoms with van der Waals surface area (Å²) in [6, 6.07) is 14.0. The molecule has 0 aliphatic carbocycles. The van der Waals surface area contributed by atoms with Crippen LogP contribution in [0.2, 0.25) is 5.02 Å². The molecule has 45 heavy (non-hydrogen) atoms. The molecule has 2 N–H and O–H groups in total. The van der Waals surface area contributed by atoms with E-state index in [1.165, 1.54) is 42.5 Å². The monoisotopic (exact) mass is 664 g/mol. The Morgan fingerprint density at radius 1 is 1.02 bits per heavy atom. The number of alkyl halides is 3. The molecule has 2 heterocycles. The van der Waals surface area contributed by atoms with Crippen molar-refractivity contribution in [2.75, 3.05) is 43.1 Å². The second-order valence-corrected chi connectivity index (χ2v) is 13.1. The molecule has 3 aromatic carbocycles. The van der Waals surface area contributed by atoms with E-state index in [-0.39, 0.29) is 22.7 Å². The van der Waals surface area contributed by atoms with E-state index in [1.54, 1.807) is 12.1 Å². The maximum absolute atomic E-state index is 13.8. The quantitative estimate of drug-likeness (QED) is 0.338. The van der Waals surface area contributed by atoms with Crippen LogP contribution in [0.25, 0.3) is 0 Å². The largest absolute Gasteiger partial charge is 0.416 e. The number of hydrogen-bond donors (Lipinski definition) is 2. The van der Waals surface area contributed by atoms with Crippen LogP contribution in [-0.4, -0.2) is 63.4 Å². The van der Waals surface area contributed by atoms with E-state index in [9.17, 15) is 31.2 Å². The molecule has 2 amide bonds. The number of hydrogen-bond acceptors (Lipinski definition) is 6. The number of anilines is 2. The first-order valence-corrected chi connectivity index (χ1v) is 16.2. The van der Waals surface area contributed by atoms with Crippen LogP contribution in [0.3, 0.4) is 0 Å². The maximum atomic E-state index is 13.8. The highest BCUT2D eigenvalue weighted by Gasteiger charge is 2.37. The van der Waals surface area contributed by atoms with Crippen LogP contribution in [0.1, 0.15) is 40.7 Å². The minimum atomic E-state index is -4.60. The molecule has 3 aromatic rings. The molecule has 5 rings (SSSR count). The molecule has 9 nitrogen and oxygen atoms in total. The zero-order valence-corrected chi connectivity index (χ0v) is 25.7. The lowest BCUT2D eigenvalue weighted by molar-refractivity contribution is -0.137. The molecule has 0 aromatic heterocycles. The molecule has 0 bridgehead atoms. The van der Waals surface area contributed by atoms with Gasteiger partial charge in [0.05, 0.1) is 35.0 Å². The van der Waals surface area contributed by atoms with Crippen LogP contribution >= 0.6 is 11.6 Å². The average molecular weight is 665 g/mol. The van der Waals surface area contributed by atoms with Crippen LogP contribution in [0.4, 0.5) is 24.5 Å². The Kier molecular flexibility index (Phi) is 10.0. The number of sulfonamides is 1. The zero-order valence-electron chi connectivity index (χ0n) is 24.1. The van der Waals surface area contributed by atoms with E-state index < -0.39 is 39.6 Å². The average Bonchev–Trinajstić information content (AvgIpc) is 3.24. The van der Waals surface area contributed by atoms with Crippen LogP contribution in [0.5, 0.6) is 0 Å². The molecular formula is C31H32ClF3N4O5S. The number of benzene rings is 3. The Morgan fingerprint density at radius 3 is 2.38 bits per heavy atom. The van der Waals surface area contributed by atoms with Gasteiger partial charge in [-0.3, -0.25) is 9.59 Å². The van der Waals surface area contributed by atoms with Gasteiger partial charge in [0.25, 0.3) is 5.91 Å². The molecule has 0 spiro atoms. The van der Waals surface area contributed by atoms with Crippen LogP contribution < -0.4 is 15.5 Å². The zero-order chi connectivity index (χ0) is 32.2. The van der Waals surface area contributed by atoms with Gasteiger partial charge in [-0.25, -0.2) is 8.42 Å². The smallest absolute Gasteiger partial charge is 0.378 e. The summed E-state index contributed by atoms with van der Waals surface area (Å²) < 4.78 is 74.6. The number of nitrogens with zero attached hydrogens (tertiary/aromatic N) is 2. The van der Waals surface area contributed by atoms with E-state index in [0.717, 1.165) is 22.9 Å². The molecule has 14 heteroatoms. The highest BCUT2D eigenvalue weighted by atomic mass is 35.5. The van der Waals surface area contributed by atoms with Crippen molar-refractivity contribution >= 4 is 44.8 Å². The first-order valence-electron chi connectivity index (χ1n) is 14.4. The summed E-state index contributed by atoms with van der Waals surface area (Å²) in [6.07, 6.45) is -2.89. The number of morpholine rings is 1. The Morgan fingerprint density at radius 2 is 1.71 bits per heavy atom. The number of nitrogens with one attached hydrogen (secondary N) is 2. The van der Waals surface area contributed by atoms with Crippen molar-refractivity contribution in [3.8, 4) is 0 Å². The third-order valence-corrected chi connectivity index (χ3v) is 9.87. The van der Waals surface area contributed by atoms with Crippen molar-refractivity contribution in [3.05, 3.63) is 88.4 Å². The second kappa shape index (κ2) is 13.8. The van der Waals surface area contributed by atoms with Gasteiger partial charge < -0.3 is 20.3 Å². The molecule has 2 fully saturated rings. The normalized spacial score (nSPS) is 17.9. The lowest BCUT2D eigenvalue weighted by Crippen LogP contribution is -2.48. The fourth-order valence-corrected chi connectivity index (χ4v) is 7.06. The topological polar surface area (TPSA) is 108 Å². The number of carbonyl (C=O) groups excluding carboxylic acids is 2. The summed E-state index contributed by atoms with van der Waals surface area (Å²) in [6.45, 7) is 2.02. The number of carbonyl (C=O) groups is 2. The van der Waals surface area contributed by atoms with Crippen molar-refractivity contribution in [2.45, 2.75) is 42.9 Å². The van der Waals surface area contributed by atoms with E-state index >= 15 is 0 Å². The van der Waals surface area contributed by atoms with E-state index in [4.69, 9.17) is 16.3 Å². The fourth-order valence-electron chi connectivity index (χ4n) is 5.33. The minimum Gasteiger partial charge on any atom is -0.378 e. The molecule has 1 atom stereocenters. The summed E-state index contributed by atoms with van der Waals surface area (Å²) in [7, 11) is -4.13. The molecule has 2 saturated heterocycles. The van der Waals surface area contributed by atoms with Gasteiger partial charge in [-0.2, -0.15) is 17.5 Å². The fraction of sp³-hybridized carbons (Fsp3) is 0.355. The SMILES string of the molecule is O=C(Nc1cc(C(F)(F)F)ccc1N1CCOCC1)c1ccc(CN([C@@H]2CCCCNC2=O)S(=O)(=O)c2ccc(Cl)cc2)cc1. The Balaban J connectivity index is 1.40. The first kappa shape index (κ1) is 32.7. The molecule has 0 radical (unpaired) electrons. The van der Waals surface area contributed by atoms with Crippen molar-refractivity contribution in [2.24, 2.45) is 0 Å². The highest BCUT2D eigenvalue weighted by Crippen LogP contribution is 2.36. The molecule has 2 aliphatic rings. The Bertz CT molecular complexity index is 1630. The standard InChI is InChI=1S/C31H32ClF3N4O5S/c32-24-9-11-25(12-10-24)45(42,43)39(28-3-1-2-14-36-30(28)41)20-21-4-6-22(7-5-21)29(40)37-26-19-23(31(33,34)35)8-13-27(26)38-15-17-44-18-16-38/h4-13,19,28H,1-3,14-18,20H2,(H,36,41)(H,37,40)/t28-/m1/s1. The van der Waals surface area contributed by atoms with Crippen LogP contribution in [-0.2, 0) is 32.3 Å². The summed E-state index contributed by atoms with van der Waals surface area (Å²) in [5, 5.41) is 5.77. The van der Waals surface area contributed by atoms with Gasteiger partial charge in [-0.1, -0.05) is 23.7 Å². The lowest BCUT2D eigenvalue weighted by atomic mass is 10.1. The van der Waals surface area contributed by atoms with Gasteiger partial charge in [-0.15, -0.1) is 0 Å². The molecule has 2 aliphatic heterocycles. The second-order valence-electron chi connectivity index (χ2n) is 10.8. The van der Waals surface area contributed by atoms with Crippen molar-refractivity contribution < 1.29 is 35.9 Å². The molecule has 0 unspecified atom stereocenters. The Labute approximate surface area is 264 Å². The summed E-state index contributed by atoms with van der Waals surface area (Å²) in [5.74, 6) is -1.03. The van der Waals surface area contributed by atoms with Gasteiger partial charge >= 0.3 is 6.18 Å². The van der Waals surface area contributed by atoms with Gasteiger partial charge in [0, 0.05) is 36.8 Å². The highest BCUT2D eigenvalue weighted by molar-refractivity contribution is 7.89. The lowest BCUT2D eigenvalue weighted by Gasteiger charge is -2.31. The van der Waals surface area contributed by atoms with Crippen LogP contribution in [0.15, 0.2) is 71.6 Å². The number of ether oxygens (including phenoxy) is 1.